The minimum Gasteiger partial charge on any atom is -0.461 e. The topological polar surface area (TPSA) is 41.5 Å². The molecule has 162 valence electrons. The zero-order valence-electron chi connectivity index (χ0n) is 17.2. The number of benzene rings is 1. The van der Waals surface area contributed by atoms with Crippen molar-refractivity contribution in [3.63, 3.8) is 0 Å². The Morgan fingerprint density at radius 3 is 2.93 bits per heavy atom. The molecule has 3 fully saturated rings. The standard InChI is InChI=1S/C22H27BrF2N4O/c1-14-4-2-8-28(11-14)20-16-5-6-17(23)18(25)19(16)26-21(27-20)30-13-22-7-3-9-29(22)12-15(24)10-22/h5-6,14-15H,2-4,7-13H2,1H3/t14-,15-,22+/m1/s1. The number of nitrogens with zero attached hydrogens (tertiary/aromatic N) is 4. The second kappa shape index (κ2) is 7.86. The van der Waals surface area contributed by atoms with Crippen molar-refractivity contribution < 1.29 is 13.5 Å². The maximum Gasteiger partial charge on any atom is 0.319 e. The van der Waals surface area contributed by atoms with Gasteiger partial charge in [-0.1, -0.05) is 6.92 Å². The van der Waals surface area contributed by atoms with Crippen LogP contribution in [0.4, 0.5) is 14.6 Å². The molecule has 3 aliphatic heterocycles. The summed E-state index contributed by atoms with van der Waals surface area (Å²) in [6, 6.07) is 3.74. The van der Waals surface area contributed by atoms with Gasteiger partial charge in [0.05, 0.1) is 10.0 Å². The van der Waals surface area contributed by atoms with Crippen LogP contribution in [0.25, 0.3) is 10.9 Å². The van der Waals surface area contributed by atoms with Gasteiger partial charge >= 0.3 is 6.01 Å². The van der Waals surface area contributed by atoms with Gasteiger partial charge in [-0.3, -0.25) is 4.90 Å². The number of piperidine rings is 1. The Bertz CT molecular complexity index is 960. The number of rotatable bonds is 4. The Labute approximate surface area is 183 Å². The van der Waals surface area contributed by atoms with Crippen LogP contribution in [0.3, 0.4) is 0 Å². The lowest BCUT2D eigenvalue weighted by Gasteiger charge is -2.33. The molecule has 0 aliphatic carbocycles. The van der Waals surface area contributed by atoms with Crippen LogP contribution in [0.15, 0.2) is 16.6 Å². The van der Waals surface area contributed by atoms with Gasteiger partial charge < -0.3 is 9.64 Å². The van der Waals surface area contributed by atoms with Crippen molar-refractivity contribution in [2.45, 2.75) is 50.7 Å². The smallest absolute Gasteiger partial charge is 0.319 e. The van der Waals surface area contributed by atoms with E-state index in [4.69, 9.17) is 9.72 Å². The van der Waals surface area contributed by atoms with E-state index in [1.807, 2.05) is 6.07 Å². The number of ether oxygens (including phenoxy) is 1. The molecule has 0 radical (unpaired) electrons. The minimum absolute atomic E-state index is 0.177. The van der Waals surface area contributed by atoms with Crippen LogP contribution in [0.2, 0.25) is 0 Å². The summed E-state index contributed by atoms with van der Waals surface area (Å²) in [6.07, 6.45) is 3.90. The summed E-state index contributed by atoms with van der Waals surface area (Å²) in [5.74, 6) is 0.874. The van der Waals surface area contributed by atoms with E-state index >= 15 is 0 Å². The van der Waals surface area contributed by atoms with Gasteiger partial charge in [0, 0.05) is 31.4 Å². The molecule has 30 heavy (non-hydrogen) atoms. The van der Waals surface area contributed by atoms with Crippen molar-refractivity contribution in [3.8, 4) is 6.01 Å². The van der Waals surface area contributed by atoms with Crippen molar-refractivity contribution in [2.24, 2.45) is 5.92 Å². The van der Waals surface area contributed by atoms with Crippen molar-refractivity contribution in [2.75, 3.05) is 37.7 Å². The van der Waals surface area contributed by atoms with E-state index in [1.165, 1.54) is 6.42 Å². The van der Waals surface area contributed by atoms with E-state index in [-0.39, 0.29) is 17.1 Å². The van der Waals surface area contributed by atoms with Gasteiger partial charge in [-0.25, -0.2) is 8.78 Å². The third-order valence-corrected chi connectivity index (χ3v) is 7.52. The second-order valence-corrected chi connectivity index (χ2v) is 10.00. The molecule has 0 N–H and O–H groups in total. The molecule has 2 aromatic rings. The molecule has 0 unspecified atom stereocenters. The number of fused-ring (bicyclic) bond motifs is 2. The SMILES string of the molecule is C[C@@H]1CCCN(c2nc(OC[C@@]34CCCN3C[C@H](F)C4)nc3c(F)c(Br)ccc23)C1. The van der Waals surface area contributed by atoms with Crippen molar-refractivity contribution in [3.05, 3.63) is 22.4 Å². The molecule has 0 spiro atoms. The van der Waals surface area contributed by atoms with E-state index in [1.54, 1.807) is 6.07 Å². The molecule has 1 aromatic carbocycles. The lowest BCUT2D eigenvalue weighted by Crippen LogP contribution is -2.43. The fourth-order valence-corrected chi connectivity index (χ4v) is 5.76. The highest BCUT2D eigenvalue weighted by Crippen LogP contribution is 2.40. The molecule has 0 bridgehead atoms. The number of hydrogen-bond acceptors (Lipinski definition) is 5. The molecular formula is C22H27BrF2N4O. The molecule has 5 nitrogen and oxygen atoms in total. The van der Waals surface area contributed by atoms with Crippen LogP contribution in [0.5, 0.6) is 6.01 Å². The molecule has 3 saturated heterocycles. The zero-order valence-corrected chi connectivity index (χ0v) is 18.8. The van der Waals surface area contributed by atoms with Crippen LogP contribution < -0.4 is 9.64 Å². The monoisotopic (exact) mass is 480 g/mol. The van der Waals surface area contributed by atoms with Gasteiger partial charge in [0.15, 0.2) is 5.82 Å². The number of anilines is 1. The molecule has 4 heterocycles. The summed E-state index contributed by atoms with van der Waals surface area (Å²) in [5.41, 5.74) is -0.0222. The summed E-state index contributed by atoms with van der Waals surface area (Å²) in [4.78, 5) is 13.6. The van der Waals surface area contributed by atoms with Gasteiger partial charge in [-0.05, 0) is 66.2 Å². The first-order valence-corrected chi connectivity index (χ1v) is 11.7. The largest absolute Gasteiger partial charge is 0.461 e. The lowest BCUT2D eigenvalue weighted by atomic mass is 9.95. The van der Waals surface area contributed by atoms with E-state index in [0.717, 1.165) is 44.7 Å². The Morgan fingerprint density at radius 1 is 1.23 bits per heavy atom. The van der Waals surface area contributed by atoms with Crippen LogP contribution in [-0.4, -0.2) is 59.4 Å². The van der Waals surface area contributed by atoms with Crippen LogP contribution >= 0.6 is 15.9 Å². The fraction of sp³-hybridized carbons (Fsp3) is 0.636. The Morgan fingerprint density at radius 2 is 2.10 bits per heavy atom. The van der Waals surface area contributed by atoms with Crippen molar-refractivity contribution >= 4 is 32.7 Å². The summed E-state index contributed by atoms with van der Waals surface area (Å²) in [7, 11) is 0. The predicted molar refractivity (Wildman–Crippen MR) is 116 cm³/mol. The minimum atomic E-state index is -0.815. The maximum atomic E-state index is 14.9. The third-order valence-electron chi connectivity index (χ3n) is 6.91. The highest BCUT2D eigenvalue weighted by Gasteiger charge is 2.49. The van der Waals surface area contributed by atoms with Crippen molar-refractivity contribution in [1.29, 1.82) is 0 Å². The zero-order chi connectivity index (χ0) is 20.9. The molecule has 0 amide bonds. The third kappa shape index (κ3) is 3.55. The van der Waals surface area contributed by atoms with Gasteiger partial charge in [-0.2, -0.15) is 9.97 Å². The van der Waals surface area contributed by atoms with Gasteiger partial charge in [-0.15, -0.1) is 0 Å². The highest BCUT2D eigenvalue weighted by atomic mass is 79.9. The Balaban J connectivity index is 1.50. The lowest BCUT2D eigenvalue weighted by molar-refractivity contribution is 0.107. The quantitative estimate of drug-likeness (QED) is 0.632. The molecule has 3 atom stereocenters. The van der Waals surface area contributed by atoms with E-state index in [2.05, 4.69) is 37.6 Å². The Hall–Kier alpha value is -1.54. The summed E-state index contributed by atoms with van der Waals surface area (Å²) in [6.45, 7) is 5.70. The summed E-state index contributed by atoms with van der Waals surface area (Å²) in [5, 5.41) is 0.697. The van der Waals surface area contributed by atoms with Gasteiger partial charge in [0.1, 0.15) is 24.1 Å². The summed E-state index contributed by atoms with van der Waals surface area (Å²) >= 11 is 3.27. The molecule has 5 rings (SSSR count). The van der Waals surface area contributed by atoms with Crippen molar-refractivity contribution in [1.82, 2.24) is 14.9 Å². The number of halogens is 3. The molecular weight excluding hydrogens is 454 g/mol. The molecule has 0 saturated carbocycles. The second-order valence-electron chi connectivity index (χ2n) is 9.14. The first kappa shape index (κ1) is 20.4. The first-order valence-electron chi connectivity index (χ1n) is 10.9. The van der Waals surface area contributed by atoms with Crippen LogP contribution in [-0.2, 0) is 0 Å². The maximum absolute atomic E-state index is 14.9. The van der Waals surface area contributed by atoms with Crippen LogP contribution in [0, 0.1) is 11.7 Å². The summed E-state index contributed by atoms with van der Waals surface area (Å²) < 4.78 is 35.4. The van der Waals surface area contributed by atoms with Gasteiger partial charge in [0.2, 0.25) is 0 Å². The number of alkyl halides is 1. The highest BCUT2D eigenvalue weighted by molar-refractivity contribution is 9.10. The van der Waals surface area contributed by atoms with Gasteiger partial charge in [0.25, 0.3) is 0 Å². The average molecular weight is 481 g/mol. The fourth-order valence-electron chi connectivity index (χ4n) is 5.44. The van der Waals surface area contributed by atoms with E-state index in [0.29, 0.717) is 35.3 Å². The normalized spacial score (nSPS) is 29.5. The molecule has 1 aromatic heterocycles. The number of hydrogen-bond donors (Lipinski definition) is 0. The average Bonchev–Trinajstić information content (AvgIpc) is 3.24. The molecule has 8 heteroatoms. The first-order chi connectivity index (χ1) is 14.4. The number of aromatic nitrogens is 2. The predicted octanol–water partition coefficient (Wildman–Crippen LogP) is 4.72. The van der Waals surface area contributed by atoms with E-state index < -0.39 is 12.0 Å². The Kier molecular flexibility index (Phi) is 5.34. The molecule has 3 aliphatic rings. The van der Waals surface area contributed by atoms with E-state index in [9.17, 15) is 8.78 Å². The van der Waals surface area contributed by atoms with Crippen LogP contribution in [0.1, 0.15) is 39.0 Å².